The van der Waals surface area contributed by atoms with Gasteiger partial charge in [0.1, 0.15) is 0 Å². The van der Waals surface area contributed by atoms with Crippen LogP contribution >= 0.6 is 0 Å². The summed E-state index contributed by atoms with van der Waals surface area (Å²) in [5, 5.41) is 31.1. The van der Waals surface area contributed by atoms with E-state index in [1.807, 2.05) is 0 Å². The van der Waals surface area contributed by atoms with Crippen molar-refractivity contribution in [1.82, 2.24) is 6.15 Å². The van der Waals surface area contributed by atoms with Crippen molar-refractivity contribution in [2.75, 3.05) is 0 Å². The maximum absolute atomic E-state index is 9.10. The van der Waals surface area contributed by atoms with Gasteiger partial charge in [0.15, 0.2) is 5.97 Å². The molecule has 0 saturated heterocycles. The van der Waals surface area contributed by atoms with Crippen LogP contribution in [-0.4, -0.2) is 50.1 Å². The third kappa shape index (κ3) is 39.6. The minimum atomic E-state index is -2.07. The third-order valence-corrected chi connectivity index (χ3v) is 0.358. The SMILES string of the molecule is N.O.O.O=C(O)C(=O)O.O=C([O-])C(=O)O.[Cr+3]. The smallest absolute Gasteiger partial charge is 0.539 e. The van der Waals surface area contributed by atoms with E-state index in [1.54, 1.807) is 0 Å². The fourth-order valence-electron chi connectivity index (χ4n) is 0. The van der Waals surface area contributed by atoms with Gasteiger partial charge in [-0.25, -0.2) is 14.4 Å². The second-order valence-electron chi connectivity index (χ2n) is 1.20. The minimum Gasteiger partial charge on any atom is -0.539 e. The van der Waals surface area contributed by atoms with E-state index in [4.69, 9.17) is 39.6 Å². The zero-order valence-electron chi connectivity index (χ0n) is 7.50. The van der Waals surface area contributed by atoms with E-state index in [1.165, 1.54) is 0 Å². The number of carboxylic acids is 4. The molecular weight excluding hydrogens is 274 g/mol. The molecule has 0 aliphatic heterocycles. The van der Waals surface area contributed by atoms with Crippen LogP contribution in [0.2, 0.25) is 0 Å². The van der Waals surface area contributed by atoms with Crippen LogP contribution in [0, 0.1) is 0 Å². The average Bonchev–Trinajstić information content (AvgIpc) is 1.88. The van der Waals surface area contributed by atoms with Gasteiger partial charge in [-0.1, -0.05) is 0 Å². The fraction of sp³-hybridized carbons (Fsp3) is 0. The third-order valence-electron chi connectivity index (χ3n) is 0.358. The van der Waals surface area contributed by atoms with Gasteiger partial charge in [-0.2, -0.15) is 0 Å². The summed E-state index contributed by atoms with van der Waals surface area (Å²) in [4.78, 5) is 36.2. The average molecular weight is 284 g/mol. The molecule has 0 bridgehead atoms. The van der Waals surface area contributed by atoms with E-state index < -0.39 is 23.9 Å². The summed E-state index contributed by atoms with van der Waals surface area (Å²) in [5.74, 6) is -7.66. The van der Waals surface area contributed by atoms with E-state index in [0.29, 0.717) is 0 Å². The Morgan fingerprint density at radius 2 is 0.875 bits per heavy atom. The molecule has 10 N–H and O–H groups in total. The summed E-state index contributed by atoms with van der Waals surface area (Å²) in [7, 11) is 0. The van der Waals surface area contributed by atoms with Gasteiger partial charge in [-0.15, -0.1) is 0 Å². The van der Waals surface area contributed by atoms with E-state index in [0.717, 1.165) is 0 Å². The van der Waals surface area contributed by atoms with Crippen LogP contribution in [0.4, 0.5) is 0 Å². The summed E-state index contributed by atoms with van der Waals surface area (Å²) in [6.45, 7) is 0. The Hall–Kier alpha value is -1.71. The maximum Gasteiger partial charge on any atom is 3.00 e. The van der Waals surface area contributed by atoms with Gasteiger partial charge >= 0.3 is 35.3 Å². The summed E-state index contributed by atoms with van der Waals surface area (Å²) in [5.41, 5.74) is 0. The first kappa shape index (κ1) is 36.7. The molecule has 0 fully saturated rings. The number of hydrogen-bond donors (Lipinski definition) is 4. The Morgan fingerprint density at radius 3 is 0.875 bits per heavy atom. The summed E-state index contributed by atoms with van der Waals surface area (Å²) in [6, 6.07) is 0. The Bertz CT molecular complexity index is 179. The number of aliphatic carboxylic acids is 4. The Balaban J connectivity index is -0.0000000250. The van der Waals surface area contributed by atoms with Crippen LogP contribution < -0.4 is 11.3 Å². The topological polar surface area (TPSA) is 250 Å². The van der Waals surface area contributed by atoms with Gasteiger partial charge in [-0.3, -0.25) is 0 Å². The molecule has 0 amide bonds. The normalized spacial score (nSPS) is 5.50. The Morgan fingerprint density at radius 1 is 0.750 bits per heavy atom. The number of carbonyl (C=O) groups is 4. The Kier molecular flexibility index (Phi) is 43.5. The minimum absolute atomic E-state index is 0. The molecule has 0 atom stereocenters. The van der Waals surface area contributed by atoms with Crippen molar-refractivity contribution in [3.63, 3.8) is 0 Å². The molecule has 0 unspecified atom stereocenters. The van der Waals surface area contributed by atoms with Gasteiger partial charge in [0.2, 0.25) is 0 Å². The van der Waals surface area contributed by atoms with E-state index in [-0.39, 0.29) is 34.5 Å². The maximum atomic E-state index is 9.10. The summed E-state index contributed by atoms with van der Waals surface area (Å²) in [6.07, 6.45) is 0. The van der Waals surface area contributed by atoms with Crippen molar-refractivity contribution in [3.05, 3.63) is 0 Å². The molecule has 0 aliphatic rings. The predicted octanol–water partition coefficient (Wildman–Crippen LogP) is -4.51. The van der Waals surface area contributed by atoms with Crippen molar-refractivity contribution < 1.29 is 67.9 Å². The van der Waals surface area contributed by atoms with E-state index in [9.17, 15) is 0 Å². The van der Waals surface area contributed by atoms with Crippen LogP contribution in [0.25, 0.3) is 0 Å². The van der Waals surface area contributed by atoms with Crippen LogP contribution in [-0.2, 0) is 36.5 Å². The molecule has 11 nitrogen and oxygen atoms in total. The van der Waals surface area contributed by atoms with E-state index >= 15 is 0 Å². The van der Waals surface area contributed by atoms with Gasteiger partial charge in [0.05, 0.1) is 0 Å². The van der Waals surface area contributed by atoms with Crippen molar-refractivity contribution in [3.8, 4) is 0 Å². The molecule has 1 radical (unpaired) electrons. The molecule has 95 valence electrons. The molecule has 0 aromatic rings. The largest absolute Gasteiger partial charge is 3.00 e. The molecule has 0 heterocycles. The number of hydrogen-bond acceptors (Lipinski definition) is 6. The van der Waals surface area contributed by atoms with Gasteiger partial charge < -0.3 is 42.3 Å². The second-order valence-corrected chi connectivity index (χ2v) is 1.20. The summed E-state index contributed by atoms with van der Waals surface area (Å²) < 4.78 is 0. The molecule has 16 heavy (non-hydrogen) atoms. The van der Waals surface area contributed by atoms with Crippen LogP contribution in [0.3, 0.4) is 0 Å². The van der Waals surface area contributed by atoms with Gasteiger partial charge in [-0.05, 0) is 0 Å². The zero-order chi connectivity index (χ0) is 10.3. The zero-order valence-corrected chi connectivity index (χ0v) is 8.77. The number of carboxylic acid groups (broad SMARTS) is 4. The predicted molar refractivity (Wildman–Crippen MR) is 40.2 cm³/mol. The van der Waals surface area contributed by atoms with Crippen molar-refractivity contribution in [2.45, 2.75) is 0 Å². The number of rotatable bonds is 0. The molecular formula is C4H10CrNO10+2. The Labute approximate surface area is 98.6 Å². The molecule has 0 aliphatic carbocycles. The number of carbonyl (C=O) groups excluding carboxylic acids is 1. The van der Waals surface area contributed by atoms with Gasteiger partial charge in [0, 0.05) is 0 Å². The van der Waals surface area contributed by atoms with E-state index in [2.05, 4.69) is 0 Å². The quantitative estimate of drug-likeness (QED) is 0.312. The standard InChI is InChI=1S/2C2H2O4.Cr.H3N.2H2O/c2*3-1(4)2(5)6;;;;/h2*(H,3,4)(H,5,6);;1H3;2*1H2/q;;+3;;;/p-1. The van der Waals surface area contributed by atoms with Crippen LogP contribution in [0.5, 0.6) is 0 Å². The van der Waals surface area contributed by atoms with Gasteiger partial charge in [0.25, 0.3) is 0 Å². The van der Waals surface area contributed by atoms with Crippen molar-refractivity contribution in [1.29, 1.82) is 0 Å². The first-order chi connectivity index (χ1) is 5.29. The molecule has 12 heteroatoms. The second kappa shape index (κ2) is 19.0. The van der Waals surface area contributed by atoms with Crippen molar-refractivity contribution >= 4 is 23.9 Å². The monoisotopic (exact) mass is 284 g/mol. The van der Waals surface area contributed by atoms with Crippen molar-refractivity contribution in [2.24, 2.45) is 0 Å². The fourth-order valence-corrected chi connectivity index (χ4v) is 0. The molecule has 0 aromatic carbocycles. The first-order valence-corrected chi connectivity index (χ1v) is 2.19. The summed E-state index contributed by atoms with van der Waals surface area (Å²) >= 11 is 0. The first-order valence-electron chi connectivity index (χ1n) is 2.19. The van der Waals surface area contributed by atoms with Crippen LogP contribution in [0.15, 0.2) is 0 Å². The van der Waals surface area contributed by atoms with Crippen LogP contribution in [0.1, 0.15) is 0 Å². The molecule has 0 aromatic heterocycles. The molecule has 0 saturated carbocycles. The molecule has 0 spiro atoms. The molecule has 0 rings (SSSR count).